The Morgan fingerprint density at radius 1 is 1.11 bits per heavy atom. The van der Waals surface area contributed by atoms with E-state index < -0.39 is 32.4 Å². The highest BCUT2D eigenvalue weighted by molar-refractivity contribution is 7.89. The molecule has 1 aromatic carbocycles. The minimum atomic E-state index is -3.83. The second-order valence-corrected chi connectivity index (χ2v) is 11.8. The van der Waals surface area contributed by atoms with Gasteiger partial charge in [0.15, 0.2) is 5.76 Å². The van der Waals surface area contributed by atoms with E-state index in [4.69, 9.17) is 9.26 Å². The van der Waals surface area contributed by atoms with Crippen LogP contribution in [0.25, 0.3) is 10.9 Å². The smallest absolute Gasteiger partial charge is 0.332 e. The predicted octanol–water partition coefficient (Wildman–Crippen LogP) is 2.30. The molecule has 2 aliphatic carbocycles. The number of nitrogens with zero attached hydrogens (tertiary/aromatic N) is 3. The number of nitrogens with one attached hydrogen (secondary N) is 1. The molecule has 0 saturated heterocycles. The standard InChI is InChI=1S/C24H30N4O6S/c1-16-12-17(34-25-16)14-27-21(29)19-13-18(35(31,32)26-23(2)10-11-23)6-7-20(19)28(22(27)30)15-24(33-3)8-4-5-9-24/h6-7,12-13,26H,4-5,8-11,14-15H2,1-3H3. The molecule has 0 spiro atoms. The third kappa shape index (κ3) is 4.48. The monoisotopic (exact) mass is 502 g/mol. The first-order chi connectivity index (χ1) is 16.5. The van der Waals surface area contributed by atoms with Crippen molar-refractivity contribution in [3.05, 3.63) is 56.6 Å². The third-order valence-electron chi connectivity index (χ3n) is 7.27. The van der Waals surface area contributed by atoms with Crippen molar-refractivity contribution >= 4 is 20.9 Å². The van der Waals surface area contributed by atoms with Crippen LogP contribution in [0.3, 0.4) is 0 Å². The maximum atomic E-state index is 13.6. The van der Waals surface area contributed by atoms with E-state index >= 15 is 0 Å². The number of methoxy groups -OCH3 is 1. The van der Waals surface area contributed by atoms with Crippen molar-refractivity contribution in [2.45, 2.75) is 81.5 Å². The zero-order valence-corrected chi connectivity index (χ0v) is 21.0. The lowest BCUT2D eigenvalue weighted by molar-refractivity contribution is -0.0185. The molecule has 5 rings (SSSR count). The van der Waals surface area contributed by atoms with Gasteiger partial charge in [-0.15, -0.1) is 0 Å². The molecule has 2 saturated carbocycles. The van der Waals surface area contributed by atoms with E-state index in [1.807, 2.05) is 6.92 Å². The van der Waals surface area contributed by atoms with E-state index in [1.165, 1.54) is 16.7 Å². The molecule has 0 radical (unpaired) electrons. The molecule has 0 aliphatic heterocycles. The van der Waals surface area contributed by atoms with Crippen molar-refractivity contribution in [1.29, 1.82) is 0 Å². The quantitative estimate of drug-likeness (QED) is 0.501. The van der Waals surface area contributed by atoms with Crippen LogP contribution >= 0.6 is 0 Å². The van der Waals surface area contributed by atoms with Gasteiger partial charge in [0.05, 0.1) is 40.2 Å². The molecule has 2 aliphatic rings. The average Bonchev–Trinajstić information content (AvgIpc) is 3.19. The minimum absolute atomic E-state index is 0.00944. The number of hydrogen-bond donors (Lipinski definition) is 1. The van der Waals surface area contributed by atoms with Gasteiger partial charge in [-0.3, -0.25) is 13.9 Å². The predicted molar refractivity (Wildman–Crippen MR) is 129 cm³/mol. The van der Waals surface area contributed by atoms with E-state index in [2.05, 4.69) is 9.88 Å². The van der Waals surface area contributed by atoms with Crippen molar-refractivity contribution in [1.82, 2.24) is 19.0 Å². The molecule has 2 heterocycles. The SMILES string of the molecule is COC1(Cn2c(=O)n(Cc3cc(C)no3)c(=O)c3cc(S(=O)(=O)NC4(C)CC4)ccc32)CCCC1. The summed E-state index contributed by atoms with van der Waals surface area (Å²) in [5, 5.41) is 3.99. The minimum Gasteiger partial charge on any atom is -0.376 e. The lowest BCUT2D eigenvalue weighted by atomic mass is 10.0. The molecule has 2 fully saturated rings. The van der Waals surface area contributed by atoms with Crippen LogP contribution in [0.15, 0.2) is 43.3 Å². The molecule has 10 nitrogen and oxygen atoms in total. The number of hydrogen-bond acceptors (Lipinski definition) is 7. The fraction of sp³-hybridized carbons (Fsp3) is 0.542. The number of fused-ring (bicyclic) bond motifs is 1. The summed E-state index contributed by atoms with van der Waals surface area (Å²) in [5.41, 5.74) is -1.04. The highest BCUT2D eigenvalue weighted by atomic mass is 32.2. The first-order valence-electron chi connectivity index (χ1n) is 11.8. The summed E-state index contributed by atoms with van der Waals surface area (Å²) in [6.07, 6.45) is 5.11. The summed E-state index contributed by atoms with van der Waals surface area (Å²) in [6, 6.07) is 6.01. The van der Waals surface area contributed by atoms with Crippen LogP contribution in [-0.2, 0) is 27.8 Å². The molecule has 0 atom stereocenters. The van der Waals surface area contributed by atoms with Crippen LogP contribution in [0.1, 0.15) is 56.9 Å². The van der Waals surface area contributed by atoms with Gasteiger partial charge < -0.3 is 9.26 Å². The van der Waals surface area contributed by atoms with Crippen molar-refractivity contribution in [3.63, 3.8) is 0 Å². The Hall–Kier alpha value is -2.76. The Bertz CT molecular complexity index is 1510. The molecular formula is C24H30N4O6S. The maximum absolute atomic E-state index is 13.6. The maximum Gasteiger partial charge on any atom is 0.332 e. The van der Waals surface area contributed by atoms with E-state index in [1.54, 1.807) is 26.2 Å². The van der Waals surface area contributed by atoms with Gasteiger partial charge in [0.2, 0.25) is 10.0 Å². The normalized spacial score (nSPS) is 18.8. The van der Waals surface area contributed by atoms with Gasteiger partial charge in [0.25, 0.3) is 5.56 Å². The number of aryl methyl sites for hydroxylation is 1. The van der Waals surface area contributed by atoms with E-state index in [0.717, 1.165) is 43.1 Å². The Morgan fingerprint density at radius 2 is 1.83 bits per heavy atom. The number of benzene rings is 1. The molecule has 0 bridgehead atoms. The van der Waals surface area contributed by atoms with Crippen LogP contribution in [-0.4, -0.2) is 41.0 Å². The van der Waals surface area contributed by atoms with Gasteiger partial charge in [0.1, 0.15) is 0 Å². The van der Waals surface area contributed by atoms with Crippen molar-refractivity contribution in [3.8, 4) is 0 Å². The number of rotatable bonds is 8. The second kappa shape index (κ2) is 8.42. The van der Waals surface area contributed by atoms with Gasteiger partial charge in [-0.2, -0.15) is 0 Å². The summed E-state index contributed by atoms with van der Waals surface area (Å²) in [7, 11) is -2.19. The van der Waals surface area contributed by atoms with Gasteiger partial charge in [0, 0.05) is 18.7 Å². The van der Waals surface area contributed by atoms with Crippen LogP contribution in [0.2, 0.25) is 0 Å². The lowest BCUT2D eigenvalue weighted by Gasteiger charge is -2.29. The van der Waals surface area contributed by atoms with Crippen LogP contribution in [0.4, 0.5) is 0 Å². The first-order valence-corrected chi connectivity index (χ1v) is 13.3. The number of aromatic nitrogens is 3. The van der Waals surface area contributed by atoms with Gasteiger partial charge in [-0.05, 0) is 57.7 Å². The Labute approximate surface area is 202 Å². The largest absolute Gasteiger partial charge is 0.376 e. The van der Waals surface area contributed by atoms with Crippen molar-refractivity contribution < 1.29 is 17.7 Å². The first kappa shape index (κ1) is 24.0. The zero-order chi connectivity index (χ0) is 25.0. The van der Waals surface area contributed by atoms with Crippen LogP contribution < -0.4 is 16.0 Å². The Kier molecular flexibility index (Phi) is 5.77. The summed E-state index contributed by atoms with van der Waals surface area (Å²) in [6.45, 7) is 3.75. The van der Waals surface area contributed by atoms with Gasteiger partial charge in [-0.1, -0.05) is 18.0 Å². The summed E-state index contributed by atoms with van der Waals surface area (Å²) in [4.78, 5) is 27.1. The van der Waals surface area contributed by atoms with Crippen LogP contribution in [0.5, 0.6) is 0 Å². The average molecular weight is 503 g/mol. The third-order valence-corrected chi connectivity index (χ3v) is 8.91. The Balaban J connectivity index is 1.69. The molecule has 35 heavy (non-hydrogen) atoms. The molecule has 1 N–H and O–H groups in total. The zero-order valence-electron chi connectivity index (χ0n) is 20.2. The Morgan fingerprint density at radius 3 is 2.43 bits per heavy atom. The van der Waals surface area contributed by atoms with E-state index in [0.29, 0.717) is 17.0 Å². The molecule has 188 valence electrons. The van der Waals surface area contributed by atoms with E-state index in [9.17, 15) is 18.0 Å². The topological polar surface area (TPSA) is 125 Å². The van der Waals surface area contributed by atoms with E-state index in [-0.39, 0.29) is 23.4 Å². The molecule has 3 aromatic rings. The van der Waals surface area contributed by atoms with Crippen LogP contribution in [0, 0.1) is 6.92 Å². The second-order valence-electron chi connectivity index (χ2n) is 10.1. The summed E-state index contributed by atoms with van der Waals surface area (Å²) in [5.74, 6) is 0.363. The van der Waals surface area contributed by atoms with Crippen molar-refractivity contribution in [2.75, 3.05) is 7.11 Å². The number of ether oxygens (including phenoxy) is 1. The molecule has 2 aromatic heterocycles. The fourth-order valence-corrected chi connectivity index (χ4v) is 6.41. The number of sulfonamides is 1. The summed E-state index contributed by atoms with van der Waals surface area (Å²) < 4.78 is 42.5. The molecule has 0 amide bonds. The van der Waals surface area contributed by atoms with Crippen molar-refractivity contribution in [2.24, 2.45) is 0 Å². The van der Waals surface area contributed by atoms with Gasteiger partial charge in [-0.25, -0.2) is 17.9 Å². The highest BCUT2D eigenvalue weighted by Crippen LogP contribution is 2.36. The molecule has 0 unspecified atom stereocenters. The lowest BCUT2D eigenvalue weighted by Crippen LogP contribution is -2.45. The highest BCUT2D eigenvalue weighted by Gasteiger charge is 2.41. The summed E-state index contributed by atoms with van der Waals surface area (Å²) >= 11 is 0. The molecular weight excluding hydrogens is 472 g/mol. The fourth-order valence-electron chi connectivity index (χ4n) is 4.92. The molecule has 11 heteroatoms. The van der Waals surface area contributed by atoms with Gasteiger partial charge >= 0.3 is 5.69 Å².